The fourth-order valence-electron chi connectivity index (χ4n) is 0.965. The van der Waals surface area contributed by atoms with Crippen molar-refractivity contribution < 1.29 is 31.1 Å². The molecule has 2 N–H and O–H groups in total. The number of nitrogens with one attached hydrogen (secondary N) is 2. The summed E-state index contributed by atoms with van der Waals surface area (Å²) in [5, 5.41) is 0. The lowest BCUT2D eigenvalue weighted by Crippen LogP contribution is -2.51. The quantitative estimate of drug-likeness (QED) is 0.269. The van der Waals surface area contributed by atoms with E-state index < -0.39 is 24.1 Å². The van der Waals surface area contributed by atoms with E-state index in [1.807, 2.05) is 0 Å². The van der Waals surface area contributed by atoms with E-state index in [4.69, 9.17) is 0 Å². The van der Waals surface area contributed by atoms with Gasteiger partial charge >= 0.3 is 18.3 Å². The van der Waals surface area contributed by atoms with E-state index in [0.29, 0.717) is 6.54 Å². The van der Waals surface area contributed by atoms with Crippen molar-refractivity contribution in [2.45, 2.75) is 18.8 Å². The molecule has 5 nitrogen and oxygen atoms in total. The van der Waals surface area contributed by atoms with Gasteiger partial charge in [-0.2, -0.15) is 26.3 Å². The molecule has 0 aromatic heterocycles. The number of rotatable bonds is 4. The van der Waals surface area contributed by atoms with Crippen LogP contribution in [-0.4, -0.2) is 56.2 Å². The number of alkyl halides is 6. The maximum absolute atomic E-state index is 12.4. The number of hydrogen-bond donors (Lipinski definition) is 2. The van der Waals surface area contributed by atoms with Crippen LogP contribution in [0.25, 0.3) is 0 Å². The largest absolute Gasteiger partial charge is 0.472 e. The molecule has 0 aliphatic carbocycles. The highest BCUT2D eigenvalue weighted by molar-refractivity contribution is 5.90. The summed E-state index contributed by atoms with van der Waals surface area (Å²) in [7, 11) is 3.41. The zero-order valence-corrected chi connectivity index (χ0v) is 10.7. The molecule has 0 aliphatic rings. The molecule has 0 fully saturated rings. The van der Waals surface area contributed by atoms with Crippen LogP contribution in [-0.2, 0) is 4.79 Å². The number of aliphatic imine (C=N–C) groups is 1. The van der Waals surface area contributed by atoms with Crippen LogP contribution in [0.1, 0.15) is 6.42 Å². The third-order valence-electron chi connectivity index (χ3n) is 1.85. The number of nitrogens with zero attached hydrogens (tertiary/aromatic N) is 2. The molecule has 0 saturated heterocycles. The topological polar surface area (TPSA) is 56.7 Å². The van der Waals surface area contributed by atoms with Crippen LogP contribution in [0.5, 0.6) is 0 Å². The highest BCUT2D eigenvalue weighted by Crippen LogP contribution is 2.16. The zero-order valence-electron chi connectivity index (χ0n) is 10.7. The Morgan fingerprint density at radius 3 is 2.00 bits per heavy atom. The monoisotopic (exact) mass is 308 g/mol. The Morgan fingerprint density at radius 2 is 1.60 bits per heavy atom. The Morgan fingerprint density at radius 1 is 1.05 bits per heavy atom. The minimum absolute atomic E-state index is 0.248. The summed E-state index contributed by atoms with van der Waals surface area (Å²) in [4.78, 5) is 15.2. The maximum Gasteiger partial charge on any atom is 0.472 e. The molecule has 1 amide bonds. The minimum Gasteiger partial charge on any atom is -0.309 e. The molecule has 0 aliphatic heterocycles. The first-order valence-electron chi connectivity index (χ1n) is 5.34. The molecule has 118 valence electrons. The van der Waals surface area contributed by atoms with E-state index >= 15 is 0 Å². The second-order valence-electron chi connectivity index (χ2n) is 3.96. The Labute approximate surface area is 111 Å². The van der Waals surface area contributed by atoms with E-state index in [9.17, 15) is 31.1 Å². The summed E-state index contributed by atoms with van der Waals surface area (Å²) in [5.41, 5.74) is 2.05. The van der Waals surface area contributed by atoms with Crippen molar-refractivity contribution in [3.05, 3.63) is 0 Å². The predicted octanol–water partition coefficient (Wildman–Crippen LogP) is 1.08. The second-order valence-corrected chi connectivity index (χ2v) is 3.96. The van der Waals surface area contributed by atoms with Gasteiger partial charge in [0.05, 0.1) is 0 Å². The van der Waals surface area contributed by atoms with Crippen LogP contribution >= 0.6 is 0 Å². The van der Waals surface area contributed by atoms with Crippen LogP contribution in [0.2, 0.25) is 0 Å². The first-order valence-corrected chi connectivity index (χ1v) is 5.34. The SMILES string of the molecule is CN(C)CCCN=C(NNC(=O)C(F)(F)F)C(F)(F)F. The number of hydrazine groups is 1. The Balaban J connectivity index is 4.52. The molecule has 0 heterocycles. The molecular formula is C9H14F6N4O. The molecule has 0 saturated carbocycles. The van der Waals surface area contributed by atoms with Crippen LogP contribution in [0.3, 0.4) is 0 Å². The predicted molar refractivity (Wildman–Crippen MR) is 58.9 cm³/mol. The number of carbonyl (C=O) groups excluding carboxylic acids is 1. The smallest absolute Gasteiger partial charge is 0.309 e. The lowest BCUT2D eigenvalue weighted by Gasteiger charge is -2.15. The Bertz CT molecular complexity index is 349. The van der Waals surface area contributed by atoms with E-state index in [1.165, 1.54) is 0 Å². The van der Waals surface area contributed by atoms with Crippen molar-refractivity contribution in [1.29, 1.82) is 0 Å². The fraction of sp³-hybridized carbons (Fsp3) is 0.778. The molecule has 0 aromatic carbocycles. The summed E-state index contributed by atoms with van der Waals surface area (Å²) >= 11 is 0. The van der Waals surface area contributed by atoms with Crippen LogP contribution in [0.4, 0.5) is 26.3 Å². The van der Waals surface area contributed by atoms with Crippen LogP contribution < -0.4 is 10.9 Å². The summed E-state index contributed by atoms with van der Waals surface area (Å²) in [6.45, 7) is 0.214. The number of amidine groups is 1. The first-order chi connectivity index (χ1) is 8.94. The van der Waals surface area contributed by atoms with Crippen molar-refractivity contribution in [3.8, 4) is 0 Å². The number of hydrogen-bond acceptors (Lipinski definition) is 3. The van der Waals surface area contributed by atoms with Crippen LogP contribution in [0.15, 0.2) is 4.99 Å². The molecule has 0 radical (unpaired) electrons. The second kappa shape index (κ2) is 7.31. The Kier molecular flexibility index (Phi) is 6.76. The number of carbonyl (C=O) groups is 1. The molecule has 0 aromatic rings. The van der Waals surface area contributed by atoms with Crippen molar-refractivity contribution >= 4 is 11.7 Å². The highest BCUT2D eigenvalue weighted by atomic mass is 19.4. The Hall–Kier alpha value is -1.52. The number of halogens is 6. The van der Waals surface area contributed by atoms with Crippen molar-refractivity contribution in [2.75, 3.05) is 27.2 Å². The van der Waals surface area contributed by atoms with Gasteiger partial charge in [-0.25, -0.2) is 0 Å². The van der Waals surface area contributed by atoms with Gasteiger partial charge in [0, 0.05) is 6.54 Å². The van der Waals surface area contributed by atoms with Crippen molar-refractivity contribution in [2.24, 2.45) is 4.99 Å². The van der Waals surface area contributed by atoms with Crippen LogP contribution in [0, 0.1) is 0 Å². The minimum atomic E-state index is -5.28. The fourth-order valence-corrected chi connectivity index (χ4v) is 0.965. The van der Waals surface area contributed by atoms with E-state index in [0.717, 1.165) is 10.9 Å². The molecule has 0 spiro atoms. The van der Waals surface area contributed by atoms with Gasteiger partial charge < -0.3 is 4.90 Å². The zero-order chi connectivity index (χ0) is 16.0. The van der Waals surface area contributed by atoms with Gasteiger partial charge in [0.1, 0.15) is 0 Å². The normalized spacial score (nSPS) is 13.6. The van der Waals surface area contributed by atoms with Crippen molar-refractivity contribution in [1.82, 2.24) is 15.8 Å². The van der Waals surface area contributed by atoms with Gasteiger partial charge in [-0.15, -0.1) is 0 Å². The summed E-state index contributed by atoms with van der Waals surface area (Å²) in [6.07, 6.45) is -9.99. The van der Waals surface area contributed by atoms with Crippen molar-refractivity contribution in [3.63, 3.8) is 0 Å². The third-order valence-corrected chi connectivity index (χ3v) is 1.85. The molecule has 0 bridgehead atoms. The van der Waals surface area contributed by atoms with Gasteiger partial charge in [-0.05, 0) is 27.1 Å². The lowest BCUT2D eigenvalue weighted by atomic mass is 10.4. The average Bonchev–Trinajstić information content (AvgIpc) is 2.23. The summed E-state index contributed by atoms with van der Waals surface area (Å²) in [5.74, 6) is -4.23. The first kappa shape index (κ1) is 18.5. The van der Waals surface area contributed by atoms with Gasteiger partial charge in [-0.3, -0.25) is 20.6 Å². The van der Waals surface area contributed by atoms with E-state index in [-0.39, 0.29) is 13.0 Å². The lowest BCUT2D eigenvalue weighted by molar-refractivity contribution is -0.174. The number of amides is 1. The molecule has 0 atom stereocenters. The third kappa shape index (κ3) is 7.81. The molecule has 11 heteroatoms. The molecular weight excluding hydrogens is 294 g/mol. The maximum atomic E-state index is 12.4. The molecule has 20 heavy (non-hydrogen) atoms. The van der Waals surface area contributed by atoms with Gasteiger partial charge in [0.2, 0.25) is 5.84 Å². The van der Waals surface area contributed by atoms with E-state index in [1.54, 1.807) is 19.0 Å². The van der Waals surface area contributed by atoms with E-state index in [2.05, 4.69) is 4.99 Å². The standard InChI is InChI=1S/C9H14F6N4O/c1-19(2)5-3-4-16-6(8(10,11)12)17-18-7(20)9(13,14)15/h3-5H2,1-2H3,(H,16,17)(H,18,20). The molecule has 0 unspecified atom stereocenters. The summed E-state index contributed by atoms with van der Waals surface area (Å²) in [6, 6.07) is 0. The van der Waals surface area contributed by atoms with Gasteiger partial charge in [-0.1, -0.05) is 0 Å². The summed E-state index contributed by atoms with van der Waals surface area (Å²) < 4.78 is 72.7. The van der Waals surface area contributed by atoms with Gasteiger partial charge in [0.15, 0.2) is 0 Å². The van der Waals surface area contributed by atoms with Gasteiger partial charge in [0.25, 0.3) is 0 Å². The molecule has 0 rings (SSSR count). The highest BCUT2D eigenvalue weighted by Gasteiger charge is 2.41. The average molecular weight is 308 g/mol.